The highest BCUT2D eigenvalue weighted by Crippen LogP contribution is 2.20. The van der Waals surface area contributed by atoms with Gasteiger partial charge in [0, 0.05) is 15.4 Å². The first-order chi connectivity index (χ1) is 9.56. The zero-order valence-corrected chi connectivity index (χ0v) is 13.6. The highest BCUT2D eigenvalue weighted by Gasteiger charge is 2.13. The molecule has 0 aliphatic heterocycles. The average Bonchev–Trinajstić information content (AvgIpc) is 2.39. The normalized spacial score (nSPS) is 11.9. The van der Waals surface area contributed by atoms with Gasteiger partial charge in [0.2, 0.25) is 0 Å². The molecule has 20 heavy (non-hydrogen) atoms. The first-order valence-electron chi connectivity index (χ1n) is 6.39. The molecule has 0 radical (unpaired) electrons. The number of carbonyl (C=O) groups excluding carboxylic acids is 1. The van der Waals surface area contributed by atoms with Gasteiger partial charge in [-0.25, -0.2) is 0 Å². The molecule has 0 saturated carbocycles. The fourth-order valence-corrected chi connectivity index (χ4v) is 2.87. The Balaban J connectivity index is 2.00. The predicted molar refractivity (Wildman–Crippen MR) is 88.5 cm³/mol. The topological polar surface area (TPSA) is 29.1 Å². The Kier molecular flexibility index (Phi) is 5.26. The summed E-state index contributed by atoms with van der Waals surface area (Å²) in [6, 6.07) is 15.6. The Labute approximate surface area is 133 Å². The number of rotatable bonds is 4. The van der Waals surface area contributed by atoms with E-state index in [1.165, 1.54) is 5.56 Å². The smallest absolute Gasteiger partial charge is 0.252 e. The van der Waals surface area contributed by atoms with Crippen LogP contribution >= 0.6 is 28.6 Å². The Morgan fingerprint density at radius 2 is 1.95 bits per heavy atom. The van der Waals surface area contributed by atoms with E-state index in [1.807, 2.05) is 37.3 Å². The standard InChI is InChI=1S/C16H16BrNOS/c1-11(9-12-5-3-2-4-6-12)18-16(19)14-8-7-13(17)10-15(14)20/h2-8,10-11,20H,9H2,1H3,(H,18,19). The van der Waals surface area contributed by atoms with E-state index in [9.17, 15) is 4.79 Å². The Morgan fingerprint density at radius 3 is 2.60 bits per heavy atom. The van der Waals surface area contributed by atoms with Crippen LogP contribution in [0.4, 0.5) is 0 Å². The van der Waals surface area contributed by atoms with Gasteiger partial charge in [-0.15, -0.1) is 12.6 Å². The van der Waals surface area contributed by atoms with Crippen LogP contribution in [-0.2, 0) is 6.42 Å². The van der Waals surface area contributed by atoms with Crippen molar-refractivity contribution in [1.29, 1.82) is 0 Å². The summed E-state index contributed by atoms with van der Waals surface area (Å²) in [5.41, 5.74) is 1.80. The van der Waals surface area contributed by atoms with Crippen LogP contribution in [0.25, 0.3) is 0 Å². The molecule has 1 atom stereocenters. The predicted octanol–water partition coefficient (Wildman–Crippen LogP) is 4.10. The summed E-state index contributed by atoms with van der Waals surface area (Å²) in [5.74, 6) is -0.0917. The molecule has 0 aliphatic rings. The van der Waals surface area contributed by atoms with Crippen LogP contribution in [-0.4, -0.2) is 11.9 Å². The maximum absolute atomic E-state index is 12.2. The third-order valence-corrected chi connectivity index (χ3v) is 3.83. The van der Waals surface area contributed by atoms with Crippen LogP contribution < -0.4 is 5.32 Å². The largest absolute Gasteiger partial charge is 0.349 e. The number of hydrogen-bond donors (Lipinski definition) is 2. The third-order valence-electron chi connectivity index (χ3n) is 2.97. The quantitative estimate of drug-likeness (QED) is 0.799. The Bertz CT molecular complexity index is 601. The van der Waals surface area contributed by atoms with Crippen LogP contribution in [0, 0.1) is 0 Å². The summed E-state index contributed by atoms with van der Waals surface area (Å²) in [7, 11) is 0. The summed E-state index contributed by atoms with van der Waals surface area (Å²) in [5, 5.41) is 3.00. The molecule has 2 aromatic rings. The van der Waals surface area contributed by atoms with Crippen molar-refractivity contribution in [2.45, 2.75) is 24.3 Å². The first-order valence-corrected chi connectivity index (χ1v) is 7.63. The molecule has 0 spiro atoms. The average molecular weight is 350 g/mol. The molecule has 0 heterocycles. The molecule has 0 saturated heterocycles. The van der Waals surface area contributed by atoms with Crippen molar-refractivity contribution >= 4 is 34.5 Å². The van der Waals surface area contributed by atoms with Gasteiger partial charge in [-0.2, -0.15) is 0 Å². The molecule has 104 valence electrons. The molecular formula is C16H16BrNOS. The maximum Gasteiger partial charge on any atom is 0.252 e. The highest BCUT2D eigenvalue weighted by atomic mass is 79.9. The number of nitrogens with one attached hydrogen (secondary N) is 1. The van der Waals surface area contributed by atoms with Gasteiger partial charge in [-0.1, -0.05) is 46.3 Å². The van der Waals surface area contributed by atoms with Crippen molar-refractivity contribution in [3.05, 3.63) is 64.1 Å². The van der Waals surface area contributed by atoms with E-state index in [0.29, 0.717) is 10.5 Å². The van der Waals surface area contributed by atoms with Crippen LogP contribution in [0.2, 0.25) is 0 Å². The minimum absolute atomic E-state index is 0.0706. The molecule has 2 aromatic carbocycles. The van der Waals surface area contributed by atoms with E-state index in [1.54, 1.807) is 6.07 Å². The van der Waals surface area contributed by atoms with E-state index in [2.05, 4.69) is 46.0 Å². The second kappa shape index (κ2) is 6.95. The van der Waals surface area contributed by atoms with Gasteiger partial charge in [0.25, 0.3) is 5.91 Å². The zero-order chi connectivity index (χ0) is 14.5. The molecule has 0 bridgehead atoms. The third kappa shape index (κ3) is 4.12. The number of benzene rings is 2. The molecule has 2 nitrogen and oxygen atoms in total. The highest BCUT2D eigenvalue weighted by molar-refractivity contribution is 9.10. The lowest BCUT2D eigenvalue weighted by Gasteiger charge is -2.15. The van der Waals surface area contributed by atoms with Crippen molar-refractivity contribution in [2.24, 2.45) is 0 Å². The summed E-state index contributed by atoms with van der Waals surface area (Å²) >= 11 is 7.70. The molecule has 0 fully saturated rings. The van der Waals surface area contributed by atoms with E-state index >= 15 is 0 Å². The second-order valence-corrected chi connectivity index (χ2v) is 6.12. The minimum atomic E-state index is -0.0917. The lowest BCUT2D eigenvalue weighted by Crippen LogP contribution is -2.34. The van der Waals surface area contributed by atoms with E-state index in [0.717, 1.165) is 10.9 Å². The number of amides is 1. The molecule has 0 aromatic heterocycles. The first kappa shape index (κ1) is 15.1. The van der Waals surface area contributed by atoms with Gasteiger partial charge in [-0.3, -0.25) is 4.79 Å². The maximum atomic E-state index is 12.2. The molecule has 1 amide bonds. The van der Waals surface area contributed by atoms with Crippen LogP contribution in [0.3, 0.4) is 0 Å². The second-order valence-electron chi connectivity index (χ2n) is 4.73. The van der Waals surface area contributed by atoms with Crippen molar-refractivity contribution < 1.29 is 4.79 Å². The summed E-state index contributed by atoms with van der Waals surface area (Å²) in [6.07, 6.45) is 0.811. The molecule has 2 rings (SSSR count). The van der Waals surface area contributed by atoms with Gasteiger partial charge in [0.05, 0.1) is 5.56 Å². The number of halogens is 1. The molecule has 0 aliphatic carbocycles. The molecule has 1 unspecified atom stereocenters. The van der Waals surface area contributed by atoms with Crippen molar-refractivity contribution in [1.82, 2.24) is 5.32 Å². The van der Waals surface area contributed by atoms with Gasteiger partial charge >= 0.3 is 0 Å². The van der Waals surface area contributed by atoms with Gasteiger partial charge < -0.3 is 5.32 Å². The number of thiol groups is 1. The van der Waals surface area contributed by atoms with Gasteiger partial charge in [0.1, 0.15) is 0 Å². The van der Waals surface area contributed by atoms with E-state index in [4.69, 9.17) is 0 Å². The van der Waals surface area contributed by atoms with E-state index in [-0.39, 0.29) is 11.9 Å². The molecule has 4 heteroatoms. The van der Waals surface area contributed by atoms with Crippen LogP contribution in [0.15, 0.2) is 57.9 Å². The Morgan fingerprint density at radius 1 is 1.25 bits per heavy atom. The summed E-state index contributed by atoms with van der Waals surface area (Å²) in [6.45, 7) is 2.00. The lowest BCUT2D eigenvalue weighted by molar-refractivity contribution is 0.0937. The van der Waals surface area contributed by atoms with Crippen molar-refractivity contribution in [2.75, 3.05) is 0 Å². The summed E-state index contributed by atoms with van der Waals surface area (Å²) < 4.78 is 0.913. The lowest BCUT2D eigenvalue weighted by atomic mass is 10.1. The van der Waals surface area contributed by atoms with Crippen LogP contribution in [0.5, 0.6) is 0 Å². The number of hydrogen-bond acceptors (Lipinski definition) is 2. The van der Waals surface area contributed by atoms with Gasteiger partial charge in [-0.05, 0) is 37.1 Å². The minimum Gasteiger partial charge on any atom is -0.349 e. The fourth-order valence-electron chi connectivity index (χ4n) is 2.02. The SMILES string of the molecule is CC(Cc1ccccc1)NC(=O)c1ccc(Br)cc1S. The summed E-state index contributed by atoms with van der Waals surface area (Å²) in [4.78, 5) is 12.9. The monoisotopic (exact) mass is 349 g/mol. The van der Waals surface area contributed by atoms with Crippen LogP contribution in [0.1, 0.15) is 22.8 Å². The fraction of sp³-hybridized carbons (Fsp3) is 0.188. The Hall–Kier alpha value is -1.26. The van der Waals surface area contributed by atoms with Crippen molar-refractivity contribution in [3.63, 3.8) is 0 Å². The zero-order valence-electron chi connectivity index (χ0n) is 11.1. The molecule has 1 N–H and O–H groups in total. The van der Waals surface area contributed by atoms with E-state index < -0.39 is 0 Å². The van der Waals surface area contributed by atoms with Gasteiger partial charge in [0.15, 0.2) is 0 Å². The molecular weight excluding hydrogens is 334 g/mol. The van der Waals surface area contributed by atoms with Crippen molar-refractivity contribution in [3.8, 4) is 0 Å². The number of carbonyl (C=O) groups is 1.